The standard InChI is InChI=1S/C19H16ClN5O3/c20-25(19(21)22)16-9-23-8-12-7-11(5-6-13(12)16)18(28)14-3-1-2-4-15(14)24-10-17(26)27/h1-9,24H,10H2,(H3,21,22)(H,26,27). The van der Waals surface area contributed by atoms with Crippen LogP contribution in [0, 0.1) is 5.41 Å². The van der Waals surface area contributed by atoms with E-state index < -0.39 is 5.97 Å². The maximum atomic E-state index is 13.0. The molecule has 0 fully saturated rings. The van der Waals surface area contributed by atoms with Gasteiger partial charge in [-0.15, -0.1) is 0 Å². The van der Waals surface area contributed by atoms with Gasteiger partial charge in [0.05, 0.1) is 11.9 Å². The minimum atomic E-state index is -1.03. The zero-order valence-electron chi connectivity index (χ0n) is 14.5. The molecule has 0 radical (unpaired) electrons. The first-order valence-electron chi connectivity index (χ1n) is 8.15. The number of fused-ring (bicyclic) bond motifs is 1. The summed E-state index contributed by atoms with van der Waals surface area (Å²) in [6, 6.07) is 11.7. The molecule has 8 nitrogen and oxygen atoms in total. The lowest BCUT2D eigenvalue weighted by atomic mass is 9.99. The fourth-order valence-corrected chi connectivity index (χ4v) is 2.88. The Morgan fingerprint density at radius 2 is 1.96 bits per heavy atom. The number of guanidine groups is 1. The molecule has 0 aliphatic heterocycles. The lowest BCUT2D eigenvalue weighted by Gasteiger charge is -2.15. The number of carbonyl (C=O) groups is 2. The van der Waals surface area contributed by atoms with Gasteiger partial charge in [0.2, 0.25) is 5.96 Å². The second-order valence-electron chi connectivity index (χ2n) is 5.88. The Morgan fingerprint density at radius 1 is 1.21 bits per heavy atom. The van der Waals surface area contributed by atoms with Crippen LogP contribution in [0.15, 0.2) is 54.9 Å². The molecule has 3 aromatic rings. The number of anilines is 2. The van der Waals surface area contributed by atoms with E-state index in [2.05, 4.69) is 10.3 Å². The van der Waals surface area contributed by atoms with E-state index in [0.717, 1.165) is 4.42 Å². The molecule has 9 heteroatoms. The van der Waals surface area contributed by atoms with Crippen LogP contribution in [0.4, 0.5) is 11.4 Å². The largest absolute Gasteiger partial charge is 0.480 e. The monoisotopic (exact) mass is 397 g/mol. The number of nitrogens with two attached hydrogens (primary N) is 1. The van der Waals surface area contributed by atoms with Gasteiger partial charge in [-0.05, 0) is 18.2 Å². The number of aliphatic carboxylic acids is 1. The molecule has 1 heterocycles. The van der Waals surface area contributed by atoms with E-state index in [-0.39, 0.29) is 18.3 Å². The number of para-hydroxylation sites is 1. The third-order valence-corrected chi connectivity index (χ3v) is 4.39. The number of carboxylic acids is 1. The highest BCUT2D eigenvalue weighted by Crippen LogP contribution is 2.29. The van der Waals surface area contributed by atoms with Crippen molar-refractivity contribution in [3.05, 3.63) is 66.0 Å². The third kappa shape index (κ3) is 3.86. The molecule has 0 spiro atoms. The quantitative estimate of drug-likeness (QED) is 0.217. The normalized spacial score (nSPS) is 10.5. The highest BCUT2D eigenvalue weighted by molar-refractivity contribution is 6.38. The first-order valence-corrected chi connectivity index (χ1v) is 8.49. The van der Waals surface area contributed by atoms with Gasteiger partial charge in [-0.1, -0.05) is 24.3 Å². The second kappa shape index (κ2) is 7.93. The van der Waals surface area contributed by atoms with Crippen molar-refractivity contribution in [1.82, 2.24) is 4.98 Å². The van der Waals surface area contributed by atoms with E-state index in [1.807, 2.05) is 0 Å². The summed E-state index contributed by atoms with van der Waals surface area (Å²) in [5, 5.41) is 20.4. The van der Waals surface area contributed by atoms with Crippen LogP contribution in [0.1, 0.15) is 15.9 Å². The summed E-state index contributed by atoms with van der Waals surface area (Å²) in [5.41, 5.74) is 7.05. The molecule has 0 aliphatic rings. The lowest BCUT2D eigenvalue weighted by molar-refractivity contribution is -0.134. The van der Waals surface area contributed by atoms with Crippen LogP contribution >= 0.6 is 11.8 Å². The minimum absolute atomic E-state index is 0.268. The molecule has 0 aliphatic carbocycles. The van der Waals surface area contributed by atoms with Gasteiger partial charge in [-0.3, -0.25) is 20.0 Å². The summed E-state index contributed by atoms with van der Waals surface area (Å²) >= 11 is 6.02. The van der Waals surface area contributed by atoms with E-state index in [9.17, 15) is 9.59 Å². The number of carboxylic acid groups (broad SMARTS) is 1. The summed E-state index contributed by atoms with van der Waals surface area (Å²) < 4.78 is 0.974. The Morgan fingerprint density at radius 3 is 2.68 bits per heavy atom. The summed E-state index contributed by atoms with van der Waals surface area (Å²) in [5.74, 6) is -1.65. The van der Waals surface area contributed by atoms with Crippen molar-refractivity contribution in [2.24, 2.45) is 5.73 Å². The van der Waals surface area contributed by atoms with Crippen molar-refractivity contribution in [3.8, 4) is 0 Å². The number of halogens is 1. The van der Waals surface area contributed by atoms with Crippen molar-refractivity contribution >= 4 is 51.6 Å². The van der Waals surface area contributed by atoms with E-state index >= 15 is 0 Å². The van der Waals surface area contributed by atoms with Gasteiger partial charge in [0.25, 0.3) is 0 Å². The van der Waals surface area contributed by atoms with Crippen LogP contribution in [-0.2, 0) is 4.79 Å². The molecule has 0 unspecified atom stereocenters. The SMILES string of the molecule is N=C(N)N(Cl)c1cncc2cc(C(=O)c3ccccc3NCC(=O)O)ccc12. The van der Waals surface area contributed by atoms with E-state index in [0.29, 0.717) is 33.3 Å². The van der Waals surface area contributed by atoms with Gasteiger partial charge in [0, 0.05) is 45.6 Å². The summed E-state index contributed by atoms with van der Waals surface area (Å²) in [7, 11) is 0. The molecule has 3 rings (SSSR count). The van der Waals surface area contributed by atoms with E-state index in [1.54, 1.807) is 48.7 Å². The minimum Gasteiger partial charge on any atom is -0.480 e. The first-order chi connectivity index (χ1) is 13.4. The first kappa shape index (κ1) is 19.1. The average Bonchev–Trinajstić information content (AvgIpc) is 2.70. The van der Waals surface area contributed by atoms with Gasteiger partial charge in [0.1, 0.15) is 6.54 Å². The Bertz CT molecular complexity index is 1090. The summed E-state index contributed by atoms with van der Waals surface area (Å²) in [4.78, 5) is 27.9. The van der Waals surface area contributed by atoms with Crippen LogP contribution in [0.5, 0.6) is 0 Å². The molecular weight excluding hydrogens is 382 g/mol. The van der Waals surface area contributed by atoms with Crippen LogP contribution in [0.25, 0.3) is 10.8 Å². The predicted molar refractivity (Wildman–Crippen MR) is 108 cm³/mol. The van der Waals surface area contributed by atoms with Crippen molar-refractivity contribution < 1.29 is 14.7 Å². The predicted octanol–water partition coefficient (Wildman–Crippen LogP) is 2.82. The Labute approximate surface area is 165 Å². The Hall–Kier alpha value is -3.65. The van der Waals surface area contributed by atoms with Crippen LogP contribution in [0.2, 0.25) is 0 Å². The summed E-state index contributed by atoms with van der Waals surface area (Å²) in [6.45, 7) is -0.300. The molecular formula is C19H16ClN5O3. The fraction of sp³-hybridized carbons (Fsp3) is 0.0526. The number of rotatable bonds is 6. The van der Waals surface area contributed by atoms with Crippen molar-refractivity contribution in [3.63, 3.8) is 0 Å². The summed E-state index contributed by atoms with van der Waals surface area (Å²) in [6.07, 6.45) is 3.05. The number of benzene rings is 2. The number of hydrogen-bond donors (Lipinski definition) is 4. The zero-order chi connectivity index (χ0) is 20.3. The molecule has 142 valence electrons. The molecule has 0 saturated heterocycles. The zero-order valence-corrected chi connectivity index (χ0v) is 15.3. The number of nitrogens with one attached hydrogen (secondary N) is 2. The number of pyridine rings is 1. The van der Waals surface area contributed by atoms with Crippen molar-refractivity contribution in [2.75, 3.05) is 16.3 Å². The maximum Gasteiger partial charge on any atom is 0.322 e. The van der Waals surface area contributed by atoms with Crippen molar-refractivity contribution in [2.45, 2.75) is 0 Å². The molecule has 28 heavy (non-hydrogen) atoms. The molecule has 0 atom stereocenters. The highest BCUT2D eigenvalue weighted by Gasteiger charge is 2.16. The molecule has 2 aromatic carbocycles. The highest BCUT2D eigenvalue weighted by atomic mass is 35.5. The fourth-order valence-electron chi connectivity index (χ4n) is 2.75. The lowest BCUT2D eigenvalue weighted by Crippen LogP contribution is -2.28. The average molecular weight is 398 g/mol. The van der Waals surface area contributed by atoms with E-state index in [1.165, 1.54) is 6.20 Å². The van der Waals surface area contributed by atoms with Gasteiger partial charge in [-0.25, -0.2) is 4.42 Å². The van der Waals surface area contributed by atoms with Gasteiger partial charge in [-0.2, -0.15) is 0 Å². The molecule has 1 aromatic heterocycles. The number of carbonyl (C=O) groups excluding carboxylic acids is 1. The number of nitrogens with zero attached hydrogens (tertiary/aromatic N) is 2. The number of hydrogen-bond acceptors (Lipinski definition) is 5. The van der Waals surface area contributed by atoms with Gasteiger partial charge < -0.3 is 16.2 Å². The number of aromatic nitrogens is 1. The van der Waals surface area contributed by atoms with Crippen LogP contribution in [0.3, 0.4) is 0 Å². The molecule has 0 saturated carbocycles. The molecule has 5 N–H and O–H groups in total. The number of ketones is 1. The Kier molecular flexibility index (Phi) is 5.42. The van der Waals surface area contributed by atoms with E-state index in [4.69, 9.17) is 28.0 Å². The molecule has 0 amide bonds. The third-order valence-electron chi connectivity index (χ3n) is 4.02. The smallest absolute Gasteiger partial charge is 0.322 e. The van der Waals surface area contributed by atoms with Crippen molar-refractivity contribution in [1.29, 1.82) is 5.41 Å². The van der Waals surface area contributed by atoms with Crippen LogP contribution in [-0.4, -0.2) is 34.3 Å². The second-order valence-corrected chi connectivity index (χ2v) is 6.22. The maximum absolute atomic E-state index is 13.0. The van der Waals surface area contributed by atoms with Crippen LogP contribution < -0.4 is 15.5 Å². The topological polar surface area (TPSA) is 132 Å². The van der Waals surface area contributed by atoms with Gasteiger partial charge in [0.15, 0.2) is 5.78 Å². The molecule has 0 bridgehead atoms. The Balaban J connectivity index is 2.00. The van der Waals surface area contributed by atoms with Gasteiger partial charge >= 0.3 is 5.97 Å².